The van der Waals surface area contributed by atoms with Crippen LogP contribution in [0.2, 0.25) is 0 Å². The molecule has 1 aromatic rings. The number of amides is 1. The minimum absolute atomic E-state index is 0.0313. The van der Waals surface area contributed by atoms with E-state index < -0.39 is 0 Å². The Hall–Kier alpha value is -1.36. The second kappa shape index (κ2) is 4.14. The average Bonchev–Trinajstić information content (AvgIpc) is 2.66. The van der Waals surface area contributed by atoms with E-state index in [1.54, 1.807) is 4.68 Å². The van der Waals surface area contributed by atoms with Crippen molar-refractivity contribution in [3.8, 4) is 0 Å². The molecule has 2 atom stereocenters. The third-order valence-corrected chi connectivity index (χ3v) is 3.33. The van der Waals surface area contributed by atoms with Gasteiger partial charge in [-0.1, -0.05) is 0 Å². The molecule has 0 saturated carbocycles. The van der Waals surface area contributed by atoms with E-state index in [0.29, 0.717) is 6.42 Å². The van der Waals surface area contributed by atoms with Crippen molar-refractivity contribution in [1.29, 1.82) is 0 Å². The fourth-order valence-electron chi connectivity index (χ4n) is 2.68. The summed E-state index contributed by atoms with van der Waals surface area (Å²) in [6.45, 7) is 6.01. The third-order valence-electron chi connectivity index (χ3n) is 3.33. The maximum atomic E-state index is 11.9. The van der Waals surface area contributed by atoms with Gasteiger partial charge in [0.05, 0.1) is 11.7 Å². The van der Waals surface area contributed by atoms with Crippen LogP contribution in [0.4, 0.5) is 0 Å². The molecule has 1 aliphatic heterocycles. The van der Waals surface area contributed by atoms with Crippen molar-refractivity contribution in [2.24, 2.45) is 12.8 Å². The molecule has 5 nitrogen and oxygen atoms in total. The summed E-state index contributed by atoms with van der Waals surface area (Å²) in [7, 11) is 1.89. The van der Waals surface area contributed by atoms with Crippen molar-refractivity contribution in [2.75, 3.05) is 0 Å². The highest BCUT2D eigenvalue weighted by Gasteiger charge is 2.41. The lowest BCUT2D eigenvalue weighted by Gasteiger charge is -2.30. The Balaban J connectivity index is 2.41. The first kappa shape index (κ1) is 12.1. The number of likely N-dealkylation sites (tertiary alicyclic amines) is 1. The van der Waals surface area contributed by atoms with Gasteiger partial charge in [-0.15, -0.1) is 0 Å². The second-order valence-corrected chi connectivity index (χ2v) is 5.05. The van der Waals surface area contributed by atoms with Crippen LogP contribution >= 0.6 is 0 Å². The standard InChI is InChI=1S/C12H20N4O/c1-7(2)16-11(17)5-10(13)12(16)9-6-15(4)14-8(9)3/h6-7,10,12H,5,13H2,1-4H3/t10-,12+/m0/s1. The van der Waals surface area contributed by atoms with Crippen LogP contribution < -0.4 is 5.73 Å². The van der Waals surface area contributed by atoms with Gasteiger partial charge in [0.1, 0.15) is 0 Å². The van der Waals surface area contributed by atoms with Crippen LogP contribution in [0, 0.1) is 6.92 Å². The van der Waals surface area contributed by atoms with Gasteiger partial charge in [-0.3, -0.25) is 9.48 Å². The lowest BCUT2D eigenvalue weighted by molar-refractivity contribution is -0.130. The summed E-state index contributed by atoms with van der Waals surface area (Å²) in [6, 6.07) is 0.00431. The maximum Gasteiger partial charge on any atom is 0.225 e. The quantitative estimate of drug-likeness (QED) is 0.823. The fourth-order valence-corrected chi connectivity index (χ4v) is 2.68. The third kappa shape index (κ3) is 1.95. The molecule has 5 heteroatoms. The van der Waals surface area contributed by atoms with E-state index in [1.807, 2.05) is 38.9 Å². The molecule has 1 fully saturated rings. The largest absolute Gasteiger partial charge is 0.331 e. The number of rotatable bonds is 2. The highest BCUT2D eigenvalue weighted by Crippen LogP contribution is 2.34. The Morgan fingerprint density at radius 1 is 1.53 bits per heavy atom. The molecule has 17 heavy (non-hydrogen) atoms. The highest BCUT2D eigenvalue weighted by molar-refractivity contribution is 5.80. The van der Waals surface area contributed by atoms with Gasteiger partial charge in [0, 0.05) is 37.3 Å². The molecule has 1 amide bonds. The van der Waals surface area contributed by atoms with Crippen LogP contribution in [0.25, 0.3) is 0 Å². The lowest BCUT2D eigenvalue weighted by atomic mass is 10.0. The number of carbonyl (C=O) groups excluding carboxylic acids is 1. The van der Waals surface area contributed by atoms with Gasteiger partial charge in [-0.2, -0.15) is 5.10 Å². The molecule has 0 radical (unpaired) electrons. The van der Waals surface area contributed by atoms with E-state index in [4.69, 9.17) is 5.73 Å². The van der Waals surface area contributed by atoms with Crippen molar-refractivity contribution in [2.45, 2.75) is 45.3 Å². The number of hydrogen-bond donors (Lipinski definition) is 1. The van der Waals surface area contributed by atoms with E-state index in [2.05, 4.69) is 5.10 Å². The Morgan fingerprint density at radius 3 is 2.65 bits per heavy atom. The number of aryl methyl sites for hydroxylation is 2. The van der Waals surface area contributed by atoms with E-state index in [-0.39, 0.29) is 24.0 Å². The predicted molar refractivity (Wildman–Crippen MR) is 65.3 cm³/mol. The molecule has 0 aromatic carbocycles. The predicted octanol–water partition coefficient (Wildman–Crippen LogP) is 0.738. The minimum Gasteiger partial charge on any atom is -0.331 e. The smallest absolute Gasteiger partial charge is 0.225 e. The van der Waals surface area contributed by atoms with Gasteiger partial charge >= 0.3 is 0 Å². The molecule has 94 valence electrons. The zero-order chi connectivity index (χ0) is 12.7. The minimum atomic E-state index is -0.132. The fraction of sp³-hybridized carbons (Fsp3) is 0.667. The molecule has 0 aliphatic carbocycles. The molecule has 2 rings (SSSR count). The summed E-state index contributed by atoms with van der Waals surface area (Å²) in [5, 5.41) is 4.33. The van der Waals surface area contributed by atoms with Gasteiger partial charge in [-0.05, 0) is 20.8 Å². The first-order valence-electron chi connectivity index (χ1n) is 5.98. The Bertz CT molecular complexity index is 438. The number of carbonyl (C=O) groups is 1. The highest BCUT2D eigenvalue weighted by atomic mass is 16.2. The van der Waals surface area contributed by atoms with Gasteiger partial charge in [0.15, 0.2) is 0 Å². The first-order chi connectivity index (χ1) is 7.91. The molecule has 2 N–H and O–H groups in total. The summed E-state index contributed by atoms with van der Waals surface area (Å²) >= 11 is 0. The second-order valence-electron chi connectivity index (χ2n) is 5.05. The van der Waals surface area contributed by atoms with E-state index in [1.165, 1.54) is 0 Å². The van der Waals surface area contributed by atoms with Crippen molar-refractivity contribution >= 4 is 5.91 Å². The van der Waals surface area contributed by atoms with Crippen LogP contribution in [0.3, 0.4) is 0 Å². The van der Waals surface area contributed by atoms with Crippen molar-refractivity contribution < 1.29 is 4.79 Å². The van der Waals surface area contributed by atoms with Crippen molar-refractivity contribution in [3.63, 3.8) is 0 Å². The molecular weight excluding hydrogens is 216 g/mol. The number of hydrogen-bond acceptors (Lipinski definition) is 3. The molecule has 0 spiro atoms. The molecule has 0 unspecified atom stereocenters. The lowest BCUT2D eigenvalue weighted by Crippen LogP contribution is -2.37. The first-order valence-corrected chi connectivity index (χ1v) is 5.98. The summed E-state index contributed by atoms with van der Waals surface area (Å²) in [5.41, 5.74) is 8.13. The van der Waals surface area contributed by atoms with Crippen LogP contribution in [-0.4, -0.2) is 32.7 Å². The summed E-state index contributed by atoms with van der Waals surface area (Å²) in [4.78, 5) is 13.8. The average molecular weight is 236 g/mol. The van der Waals surface area contributed by atoms with Crippen LogP contribution in [0.5, 0.6) is 0 Å². The molecule has 0 bridgehead atoms. The number of nitrogens with two attached hydrogens (primary N) is 1. The monoisotopic (exact) mass is 236 g/mol. The van der Waals surface area contributed by atoms with Crippen molar-refractivity contribution in [1.82, 2.24) is 14.7 Å². The Morgan fingerprint density at radius 2 is 2.18 bits per heavy atom. The van der Waals surface area contributed by atoms with Crippen LogP contribution in [-0.2, 0) is 11.8 Å². The van der Waals surface area contributed by atoms with E-state index in [9.17, 15) is 4.79 Å². The van der Waals surface area contributed by atoms with Gasteiger partial charge < -0.3 is 10.6 Å². The molecule has 1 aromatic heterocycles. The summed E-state index contributed by atoms with van der Waals surface area (Å²) in [6.07, 6.45) is 2.39. The van der Waals surface area contributed by atoms with Crippen LogP contribution in [0.1, 0.15) is 37.6 Å². The Labute approximate surface area is 102 Å². The molecule has 1 aliphatic rings. The zero-order valence-corrected chi connectivity index (χ0v) is 10.8. The van der Waals surface area contributed by atoms with Gasteiger partial charge in [0.2, 0.25) is 5.91 Å². The van der Waals surface area contributed by atoms with Gasteiger partial charge in [-0.25, -0.2) is 0 Å². The molecule has 2 heterocycles. The van der Waals surface area contributed by atoms with Gasteiger partial charge in [0.25, 0.3) is 0 Å². The number of nitrogens with zero attached hydrogens (tertiary/aromatic N) is 3. The molecular formula is C12H20N4O. The van der Waals surface area contributed by atoms with E-state index >= 15 is 0 Å². The topological polar surface area (TPSA) is 64.2 Å². The van der Waals surface area contributed by atoms with E-state index in [0.717, 1.165) is 11.3 Å². The van der Waals surface area contributed by atoms with Crippen LogP contribution in [0.15, 0.2) is 6.20 Å². The maximum absolute atomic E-state index is 11.9. The summed E-state index contributed by atoms with van der Waals surface area (Å²) < 4.78 is 1.78. The Kier molecular flexibility index (Phi) is 2.95. The zero-order valence-electron chi connectivity index (χ0n) is 10.8. The van der Waals surface area contributed by atoms with Crippen molar-refractivity contribution in [3.05, 3.63) is 17.5 Å². The summed E-state index contributed by atoms with van der Waals surface area (Å²) in [5.74, 6) is 0.140. The normalized spacial score (nSPS) is 25.1. The SMILES string of the molecule is Cc1nn(C)cc1[C@@H]1[C@@H](N)CC(=O)N1C(C)C. The number of aromatic nitrogens is 2. The molecule has 1 saturated heterocycles.